The second-order valence-corrected chi connectivity index (χ2v) is 6.09. The van der Waals surface area contributed by atoms with Crippen LogP contribution in [0.5, 0.6) is 5.75 Å². The maximum atomic E-state index is 12.1. The fourth-order valence-electron chi connectivity index (χ4n) is 1.56. The van der Waals surface area contributed by atoms with Gasteiger partial charge in [0.15, 0.2) is 0 Å². The van der Waals surface area contributed by atoms with Gasteiger partial charge in [-0.3, -0.25) is 0 Å². The third-order valence-corrected chi connectivity index (χ3v) is 4.36. The minimum Gasteiger partial charge on any atom is -0.507 e. The highest BCUT2D eigenvalue weighted by Gasteiger charge is 2.22. The highest BCUT2D eigenvalue weighted by Crippen LogP contribution is 2.25. The third kappa shape index (κ3) is 3.69. The Labute approximate surface area is 116 Å². The van der Waals surface area contributed by atoms with Crippen LogP contribution in [0.3, 0.4) is 0 Å². The van der Waals surface area contributed by atoms with Crippen molar-refractivity contribution in [3.63, 3.8) is 0 Å². The molecule has 1 aromatic carbocycles. The molecule has 0 spiro atoms. The molecule has 0 saturated carbocycles. The second kappa shape index (κ2) is 6.21. The molecular formula is C12H17NO6S. The standard InChI is InChI=1S/C12H17NO6S/c1-3-8(14)6-13-20(18,19)11-5-9(12(16)17)10(15)4-7(11)2/h4-5,8,13-15H,3,6H2,1-2H3,(H,16,17). The summed E-state index contributed by atoms with van der Waals surface area (Å²) in [6, 6.07) is 1.97. The first-order valence-electron chi connectivity index (χ1n) is 5.93. The van der Waals surface area contributed by atoms with E-state index in [2.05, 4.69) is 4.72 Å². The lowest BCUT2D eigenvalue weighted by atomic mass is 10.1. The van der Waals surface area contributed by atoms with Gasteiger partial charge in [0, 0.05) is 6.54 Å². The van der Waals surface area contributed by atoms with E-state index in [0.29, 0.717) is 6.42 Å². The highest BCUT2D eigenvalue weighted by atomic mass is 32.2. The van der Waals surface area contributed by atoms with Crippen LogP contribution >= 0.6 is 0 Å². The first-order chi connectivity index (χ1) is 9.19. The Balaban J connectivity index is 3.18. The van der Waals surface area contributed by atoms with E-state index in [-0.39, 0.29) is 17.0 Å². The third-order valence-electron chi connectivity index (χ3n) is 2.79. The molecule has 0 heterocycles. The number of aliphatic hydroxyl groups excluding tert-OH is 1. The van der Waals surface area contributed by atoms with E-state index in [0.717, 1.165) is 12.1 Å². The molecule has 8 heteroatoms. The number of phenols is 1. The first kappa shape index (κ1) is 16.4. The number of aliphatic hydroxyl groups is 1. The number of carboxylic acid groups (broad SMARTS) is 1. The Morgan fingerprint density at radius 2 is 2.00 bits per heavy atom. The Morgan fingerprint density at radius 3 is 2.50 bits per heavy atom. The van der Waals surface area contributed by atoms with Gasteiger partial charge < -0.3 is 15.3 Å². The molecule has 1 aromatic rings. The number of rotatable bonds is 6. The molecule has 0 aliphatic rings. The maximum Gasteiger partial charge on any atom is 0.339 e. The van der Waals surface area contributed by atoms with Crippen molar-refractivity contribution < 1.29 is 28.5 Å². The van der Waals surface area contributed by atoms with Crippen LogP contribution in [-0.4, -0.2) is 42.4 Å². The predicted octanol–water partition coefficient (Wildman–Crippen LogP) is 0.448. The summed E-state index contributed by atoms with van der Waals surface area (Å²) < 4.78 is 26.3. The largest absolute Gasteiger partial charge is 0.507 e. The van der Waals surface area contributed by atoms with Crippen molar-refractivity contribution in [1.82, 2.24) is 4.72 Å². The average molecular weight is 303 g/mol. The monoisotopic (exact) mass is 303 g/mol. The van der Waals surface area contributed by atoms with Gasteiger partial charge in [-0.15, -0.1) is 0 Å². The number of hydrogen-bond donors (Lipinski definition) is 4. The van der Waals surface area contributed by atoms with E-state index in [1.807, 2.05) is 0 Å². The quantitative estimate of drug-likeness (QED) is 0.605. The van der Waals surface area contributed by atoms with Crippen LogP contribution in [0.1, 0.15) is 29.3 Å². The first-order valence-corrected chi connectivity index (χ1v) is 7.42. The number of nitrogens with one attached hydrogen (secondary N) is 1. The van der Waals surface area contributed by atoms with Crippen LogP contribution in [0.25, 0.3) is 0 Å². The minimum absolute atomic E-state index is 0.165. The fourth-order valence-corrected chi connectivity index (χ4v) is 2.88. The molecule has 0 radical (unpaired) electrons. The van der Waals surface area contributed by atoms with Crippen molar-refractivity contribution in [2.45, 2.75) is 31.3 Å². The normalized spacial score (nSPS) is 13.2. The SMILES string of the molecule is CCC(O)CNS(=O)(=O)c1cc(C(=O)O)c(O)cc1C. The lowest BCUT2D eigenvalue weighted by Crippen LogP contribution is -2.32. The van der Waals surface area contributed by atoms with Crippen LogP contribution < -0.4 is 4.72 Å². The van der Waals surface area contributed by atoms with E-state index < -0.39 is 33.4 Å². The molecule has 0 fully saturated rings. The summed E-state index contributed by atoms with van der Waals surface area (Å²) in [5.74, 6) is -1.92. The number of benzene rings is 1. The molecule has 7 nitrogen and oxygen atoms in total. The molecule has 1 rings (SSSR count). The maximum absolute atomic E-state index is 12.1. The molecule has 112 valence electrons. The number of sulfonamides is 1. The van der Waals surface area contributed by atoms with Crippen molar-refractivity contribution in [3.05, 3.63) is 23.3 Å². The molecule has 1 atom stereocenters. The van der Waals surface area contributed by atoms with Crippen LogP contribution in [0.15, 0.2) is 17.0 Å². The molecule has 0 aliphatic heterocycles. The minimum atomic E-state index is -3.95. The molecule has 0 aromatic heterocycles. The van der Waals surface area contributed by atoms with Gasteiger partial charge in [-0.25, -0.2) is 17.9 Å². The van der Waals surface area contributed by atoms with Gasteiger partial charge in [0.25, 0.3) is 0 Å². The summed E-state index contributed by atoms with van der Waals surface area (Å²) >= 11 is 0. The smallest absolute Gasteiger partial charge is 0.339 e. The molecule has 0 bridgehead atoms. The van der Waals surface area contributed by atoms with E-state index in [4.69, 9.17) is 5.11 Å². The Morgan fingerprint density at radius 1 is 1.40 bits per heavy atom. The molecule has 4 N–H and O–H groups in total. The summed E-state index contributed by atoms with van der Waals surface area (Å²) in [5, 5.41) is 27.7. The van der Waals surface area contributed by atoms with E-state index >= 15 is 0 Å². The Kier molecular flexibility index (Phi) is 5.09. The number of carbonyl (C=O) groups is 1. The van der Waals surface area contributed by atoms with Crippen LogP contribution in [0.2, 0.25) is 0 Å². The topological polar surface area (TPSA) is 124 Å². The van der Waals surface area contributed by atoms with Crippen molar-refractivity contribution in [3.8, 4) is 5.75 Å². The summed E-state index contributed by atoms with van der Waals surface area (Å²) in [5.41, 5.74) is -0.280. The predicted molar refractivity (Wildman–Crippen MR) is 71.3 cm³/mol. The number of aryl methyl sites for hydroxylation is 1. The van der Waals surface area contributed by atoms with Gasteiger partial charge in [-0.1, -0.05) is 6.92 Å². The number of aromatic hydroxyl groups is 1. The lowest BCUT2D eigenvalue weighted by Gasteiger charge is -2.13. The molecule has 1 unspecified atom stereocenters. The molecule has 20 heavy (non-hydrogen) atoms. The van der Waals surface area contributed by atoms with Crippen molar-refractivity contribution in [1.29, 1.82) is 0 Å². The molecular weight excluding hydrogens is 286 g/mol. The van der Waals surface area contributed by atoms with Gasteiger partial charge in [0.05, 0.1) is 11.0 Å². The zero-order chi connectivity index (χ0) is 15.5. The molecule has 0 amide bonds. The van der Waals surface area contributed by atoms with Crippen molar-refractivity contribution in [2.75, 3.05) is 6.54 Å². The van der Waals surface area contributed by atoms with Gasteiger partial charge in [0.1, 0.15) is 11.3 Å². The van der Waals surface area contributed by atoms with E-state index in [9.17, 15) is 23.4 Å². The summed E-state index contributed by atoms with van der Waals surface area (Å²) in [7, 11) is -3.95. The zero-order valence-corrected chi connectivity index (χ0v) is 11.9. The molecule has 0 aliphatic carbocycles. The van der Waals surface area contributed by atoms with Crippen LogP contribution in [0, 0.1) is 6.92 Å². The number of carboxylic acids is 1. The van der Waals surface area contributed by atoms with Crippen molar-refractivity contribution >= 4 is 16.0 Å². The summed E-state index contributed by atoms with van der Waals surface area (Å²) in [6.45, 7) is 2.98. The van der Waals surface area contributed by atoms with Crippen LogP contribution in [0.4, 0.5) is 0 Å². The average Bonchev–Trinajstić information content (AvgIpc) is 2.35. The summed E-state index contributed by atoms with van der Waals surface area (Å²) in [6.07, 6.45) is -0.432. The van der Waals surface area contributed by atoms with Crippen molar-refractivity contribution in [2.24, 2.45) is 0 Å². The fraction of sp³-hybridized carbons (Fsp3) is 0.417. The second-order valence-electron chi connectivity index (χ2n) is 4.35. The molecule has 0 saturated heterocycles. The Bertz CT molecular complexity index is 611. The van der Waals surface area contributed by atoms with E-state index in [1.54, 1.807) is 6.92 Å². The lowest BCUT2D eigenvalue weighted by molar-refractivity contribution is 0.0693. The van der Waals surface area contributed by atoms with Gasteiger partial charge >= 0.3 is 5.97 Å². The number of aromatic carboxylic acids is 1. The van der Waals surface area contributed by atoms with Gasteiger partial charge in [-0.05, 0) is 31.0 Å². The number of hydrogen-bond acceptors (Lipinski definition) is 5. The summed E-state index contributed by atoms with van der Waals surface area (Å²) in [4.78, 5) is 10.7. The van der Waals surface area contributed by atoms with E-state index in [1.165, 1.54) is 6.92 Å². The highest BCUT2D eigenvalue weighted by molar-refractivity contribution is 7.89. The van der Waals surface area contributed by atoms with Gasteiger partial charge in [-0.2, -0.15) is 0 Å². The van der Waals surface area contributed by atoms with Gasteiger partial charge in [0.2, 0.25) is 10.0 Å². The van der Waals surface area contributed by atoms with Crippen LogP contribution in [-0.2, 0) is 10.0 Å². The zero-order valence-electron chi connectivity index (χ0n) is 11.1. The Hall–Kier alpha value is -1.64.